The van der Waals surface area contributed by atoms with Crippen LogP contribution in [0.15, 0.2) is 29.9 Å². The second-order valence-corrected chi connectivity index (χ2v) is 7.55. The minimum atomic E-state index is -5.08. The molecule has 184 valence electrons. The van der Waals surface area contributed by atoms with Crippen LogP contribution in [0, 0.1) is 0 Å². The number of carboxylic acid groups (broad SMARTS) is 2. The number of carboxylic acids is 2. The van der Waals surface area contributed by atoms with E-state index >= 15 is 0 Å². The SMILES string of the molecule is COCc1cncc2c1CCN(Cc1cccs1)C2.O=C(O)C(F)(F)F.O=C(O)C(F)(F)F. The highest BCUT2D eigenvalue weighted by atomic mass is 32.1. The monoisotopic (exact) mass is 502 g/mol. The number of fused-ring (bicyclic) bond motifs is 1. The van der Waals surface area contributed by atoms with Crippen molar-refractivity contribution in [2.45, 2.75) is 38.5 Å². The Kier molecular flexibility index (Phi) is 10.7. The Balaban J connectivity index is 0.000000324. The Morgan fingerprint density at radius 1 is 1.12 bits per heavy atom. The van der Waals surface area contributed by atoms with Gasteiger partial charge in [-0.2, -0.15) is 26.3 Å². The lowest BCUT2D eigenvalue weighted by atomic mass is 9.97. The third-order valence-electron chi connectivity index (χ3n) is 4.05. The summed E-state index contributed by atoms with van der Waals surface area (Å²) in [6.07, 6.45) is -5.12. The minimum Gasteiger partial charge on any atom is -0.475 e. The van der Waals surface area contributed by atoms with Gasteiger partial charge in [0.2, 0.25) is 0 Å². The zero-order valence-corrected chi connectivity index (χ0v) is 17.9. The van der Waals surface area contributed by atoms with E-state index in [0.717, 1.165) is 26.1 Å². The number of methoxy groups -OCH3 is 1. The Morgan fingerprint density at radius 3 is 2.15 bits per heavy atom. The number of alkyl halides is 6. The van der Waals surface area contributed by atoms with Gasteiger partial charge in [0.15, 0.2) is 0 Å². The summed E-state index contributed by atoms with van der Waals surface area (Å²) < 4.78 is 68.7. The van der Waals surface area contributed by atoms with Crippen LogP contribution in [-0.2, 0) is 40.4 Å². The van der Waals surface area contributed by atoms with Gasteiger partial charge in [-0.15, -0.1) is 11.3 Å². The van der Waals surface area contributed by atoms with Crippen LogP contribution in [0.4, 0.5) is 26.3 Å². The van der Waals surface area contributed by atoms with Crippen LogP contribution in [0.3, 0.4) is 0 Å². The van der Waals surface area contributed by atoms with Crippen molar-refractivity contribution in [3.63, 3.8) is 0 Å². The number of nitrogens with zero attached hydrogens (tertiary/aromatic N) is 2. The molecule has 0 bridgehead atoms. The van der Waals surface area contributed by atoms with Crippen LogP contribution in [0.5, 0.6) is 0 Å². The van der Waals surface area contributed by atoms with E-state index in [1.807, 2.05) is 23.7 Å². The summed E-state index contributed by atoms with van der Waals surface area (Å²) in [7, 11) is 1.74. The number of aromatic nitrogens is 1. The van der Waals surface area contributed by atoms with Gasteiger partial charge in [0.1, 0.15) is 0 Å². The third kappa shape index (κ3) is 10.2. The lowest BCUT2D eigenvalue weighted by Crippen LogP contribution is -2.30. The summed E-state index contributed by atoms with van der Waals surface area (Å²) in [5, 5.41) is 16.4. The Labute approximate surface area is 188 Å². The van der Waals surface area contributed by atoms with Gasteiger partial charge in [-0.05, 0) is 34.6 Å². The molecule has 0 aliphatic carbocycles. The van der Waals surface area contributed by atoms with Crippen molar-refractivity contribution < 1.29 is 50.9 Å². The normalized spacial score (nSPS) is 13.7. The average Bonchev–Trinajstić information content (AvgIpc) is 3.21. The van der Waals surface area contributed by atoms with Crippen LogP contribution >= 0.6 is 11.3 Å². The van der Waals surface area contributed by atoms with Crippen LogP contribution in [0.1, 0.15) is 21.6 Å². The number of thiophene rings is 1. The summed E-state index contributed by atoms with van der Waals surface area (Å²) in [5.41, 5.74) is 4.05. The number of rotatable bonds is 4. The molecule has 3 heterocycles. The molecule has 7 nitrogen and oxygen atoms in total. The van der Waals surface area contributed by atoms with E-state index < -0.39 is 24.3 Å². The molecule has 2 aromatic rings. The Morgan fingerprint density at radius 2 is 1.70 bits per heavy atom. The van der Waals surface area contributed by atoms with Crippen molar-refractivity contribution in [3.8, 4) is 0 Å². The zero-order valence-electron chi connectivity index (χ0n) is 17.1. The molecule has 0 aromatic carbocycles. The number of carbonyl (C=O) groups is 2. The lowest BCUT2D eigenvalue weighted by molar-refractivity contribution is -0.193. The molecule has 1 aliphatic rings. The van der Waals surface area contributed by atoms with Crippen molar-refractivity contribution in [1.82, 2.24) is 9.88 Å². The van der Waals surface area contributed by atoms with Gasteiger partial charge in [0.25, 0.3) is 0 Å². The summed E-state index contributed by atoms with van der Waals surface area (Å²) in [6, 6.07) is 4.33. The van der Waals surface area contributed by atoms with E-state index in [1.165, 1.54) is 21.6 Å². The molecule has 14 heteroatoms. The maximum Gasteiger partial charge on any atom is 0.490 e. The first-order valence-electron chi connectivity index (χ1n) is 9.04. The van der Waals surface area contributed by atoms with Crippen molar-refractivity contribution >= 4 is 23.3 Å². The molecule has 0 unspecified atom stereocenters. The van der Waals surface area contributed by atoms with Gasteiger partial charge in [0.05, 0.1) is 6.61 Å². The topological polar surface area (TPSA) is 100.0 Å². The molecule has 0 saturated carbocycles. The molecule has 33 heavy (non-hydrogen) atoms. The fraction of sp³-hybridized carbons (Fsp3) is 0.421. The highest BCUT2D eigenvalue weighted by molar-refractivity contribution is 7.09. The number of hydrogen-bond acceptors (Lipinski definition) is 6. The quantitative estimate of drug-likeness (QED) is 0.607. The Bertz CT molecular complexity index is 879. The number of halogens is 6. The number of pyridine rings is 1. The van der Waals surface area contributed by atoms with Crippen LogP contribution in [0.25, 0.3) is 0 Å². The molecule has 0 spiro atoms. The van der Waals surface area contributed by atoms with Gasteiger partial charge >= 0.3 is 24.3 Å². The highest BCUT2D eigenvalue weighted by Crippen LogP contribution is 2.24. The molecule has 1 aliphatic heterocycles. The summed E-state index contributed by atoms with van der Waals surface area (Å²) >= 11 is 1.83. The average molecular weight is 502 g/mol. The van der Waals surface area contributed by atoms with Gasteiger partial charge in [-0.3, -0.25) is 9.88 Å². The van der Waals surface area contributed by atoms with E-state index in [1.54, 1.807) is 7.11 Å². The smallest absolute Gasteiger partial charge is 0.475 e. The predicted octanol–water partition coefficient (Wildman–Crippen LogP) is 4.11. The predicted molar refractivity (Wildman–Crippen MR) is 104 cm³/mol. The van der Waals surface area contributed by atoms with Gasteiger partial charge < -0.3 is 14.9 Å². The molecule has 0 saturated heterocycles. The van der Waals surface area contributed by atoms with Gasteiger partial charge in [-0.1, -0.05) is 6.07 Å². The number of ether oxygens (including phenoxy) is 1. The van der Waals surface area contributed by atoms with Crippen molar-refractivity contribution in [2.24, 2.45) is 0 Å². The van der Waals surface area contributed by atoms with Gasteiger partial charge in [-0.25, -0.2) is 9.59 Å². The van der Waals surface area contributed by atoms with E-state index in [9.17, 15) is 26.3 Å². The fourth-order valence-electron chi connectivity index (χ4n) is 2.66. The van der Waals surface area contributed by atoms with E-state index in [2.05, 4.69) is 27.4 Å². The highest BCUT2D eigenvalue weighted by Gasteiger charge is 2.38. The maximum absolute atomic E-state index is 10.6. The molecule has 0 amide bonds. The van der Waals surface area contributed by atoms with E-state index in [0.29, 0.717) is 6.61 Å². The molecular formula is C19H20F6N2O5S. The molecule has 0 atom stereocenters. The number of hydrogen-bond donors (Lipinski definition) is 2. The van der Waals surface area contributed by atoms with Crippen molar-refractivity contribution in [2.75, 3.05) is 13.7 Å². The summed E-state index contributed by atoms with van der Waals surface area (Å²) in [4.78, 5) is 26.1. The summed E-state index contributed by atoms with van der Waals surface area (Å²) in [6.45, 7) is 3.83. The minimum absolute atomic E-state index is 0.668. The molecule has 0 radical (unpaired) electrons. The first-order valence-corrected chi connectivity index (χ1v) is 9.92. The number of aliphatic carboxylic acids is 2. The third-order valence-corrected chi connectivity index (χ3v) is 4.91. The van der Waals surface area contributed by atoms with Crippen molar-refractivity contribution in [1.29, 1.82) is 0 Å². The second kappa shape index (κ2) is 12.5. The Hall–Kier alpha value is -2.71. The maximum atomic E-state index is 10.6. The van der Waals surface area contributed by atoms with Gasteiger partial charge in [0, 0.05) is 44.0 Å². The molecule has 3 rings (SSSR count). The van der Waals surface area contributed by atoms with Crippen LogP contribution in [0.2, 0.25) is 0 Å². The lowest BCUT2D eigenvalue weighted by Gasteiger charge is -2.29. The molecule has 2 aromatic heterocycles. The van der Waals surface area contributed by atoms with E-state index in [-0.39, 0.29) is 0 Å². The molecule has 0 fully saturated rings. The second-order valence-electron chi connectivity index (χ2n) is 6.52. The first kappa shape index (κ1) is 28.3. The standard InChI is InChI=1S/C15H18N2OS.2C2HF3O2/c1-18-11-13-8-16-7-12-9-17(5-4-15(12)13)10-14-3-2-6-19-14;2*3-2(4,5)1(6)7/h2-3,6-8H,4-5,9-11H2,1H3;2*(H,6,7). The molecule has 2 N–H and O–H groups in total. The van der Waals surface area contributed by atoms with Crippen LogP contribution in [-0.4, -0.2) is 58.0 Å². The fourth-order valence-corrected chi connectivity index (χ4v) is 3.41. The molecular weight excluding hydrogens is 482 g/mol. The summed E-state index contributed by atoms with van der Waals surface area (Å²) in [5.74, 6) is -5.51. The zero-order chi connectivity index (χ0) is 25.2. The van der Waals surface area contributed by atoms with Crippen molar-refractivity contribution in [3.05, 3.63) is 51.5 Å². The largest absolute Gasteiger partial charge is 0.490 e. The van der Waals surface area contributed by atoms with Crippen LogP contribution < -0.4 is 0 Å². The van der Waals surface area contributed by atoms with E-state index in [4.69, 9.17) is 24.5 Å². The first-order chi connectivity index (χ1) is 15.3.